The first-order valence-electron chi connectivity index (χ1n) is 6.28. The fourth-order valence-corrected chi connectivity index (χ4v) is 2.74. The van der Waals surface area contributed by atoms with Crippen LogP contribution >= 0.6 is 11.8 Å². The third-order valence-corrected chi connectivity index (χ3v) is 4.22. The first kappa shape index (κ1) is 15.5. The molecule has 1 atom stereocenters. The van der Waals surface area contributed by atoms with Crippen molar-refractivity contribution in [2.24, 2.45) is 12.8 Å². The number of nitrogens with two attached hydrogens (primary N) is 1. The molecule has 0 amide bonds. The van der Waals surface area contributed by atoms with Crippen LogP contribution in [0.4, 0.5) is 0 Å². The largest absolute Gasteiger partial charge is 0.497 e. The van der Waals surface area contributed by atoms with Crippen molar-refractivity contribution in [2.75, 3.05) is 20.0 Å². The Morgan fingerprint density at radius 2 is 2.19 bits per heavy atom. The molecule has 21 heavy (non-hydrogen) atoms. The predicted octanol–water partition coefficient (Wildman–Crippen LogP) is 0.918. The van der Waals surface area contributed by atoms with Gasteiger partial charge in [0, 0.05) is 30.5 Å². The van der Waals surface area contributed by atoms with E-state index < -0.39 is 0 Å². The summed E-state index contributed by atoms with van der Waals surface area (Å²) in [7, 11) is 4.85. The van der Waals surface area contributed by atoms with Crippen molar-refractivity contribution in [2.45, 2.75) is 11.2 Å². The van der Waals surface area contributed by atoms with Crippen molar-refractivity contribution in [1.82, 2.24) is 14.8 Å². The molecule has 2 aromatic rings. The Bertz CT molecular complexity index is 668. The van der Waals surface area contributed by atoms with Crippen LogP contribution in [0.5, 0.6) is 11.5 Å². The summed E-state index contributed by atoms with van der Waals surface area (Å²) in [5.41, 5.74) is 6.84. The second-order valence-electron chi connectivity index (χ2n) is 4.40. The fourth-order valence-electron chi connectivity index (χ4n) is 1.84. The van der Waals surface area contributed by atoms with Crippen molar-refractivity contribution < 1.29 is 9.47 Å². The number of nitrogens with zero attached hydrogens (tertiary/aromatic N) is 2. The highest BCUT2D eigenvalue weighted by molar-refractivity contribution is 7.99. The molecule has 0 aliphatic heterocycles. The van der Waals surface area contributed by atoms with Crippen molar-refractivity contribution in [3.05, 3.63) is 34.2 Å². The van der Waals surface area contributed by atoms with Gasteiger partial charge in [-0.05, 0) is 6.07 Å². The lowest BCUT2D eigenvalue weighted by molar-refractivity contribution is 0.389. The van der Waals surface area contributed by atoms with Crippen LogP contribution < -0.4 is 20.9 Å². The highest BCUT2D eigenvalue weighted by atomic mass is 32.2. The first-order chi connectivity index (χ1) is 10.1. The third-order valence-electron chi connectivity index (χ3n) is 3.07. The van der Waals surface area contributed by atoms with Gasteiger partial charge >= 0.3 is 5.69 Å². The van der Waals surface area contributed by atoms with E-state index in [2.05, 4.69) is 10.2 Å². The van der Waals surface area contributed by atoms with Gasteiger partial charge < -0.3 is 15.2 Å². The van der Waals surface area contributed by atoms with Gasteiger partial charge in [0.05, 0.1) is 14.2 Å². The Morgan fingerprint density at radius 3 is 2.76 bits per heavy atom. The lowest BCUT2D eigenvalue weighted by Crippen LogP contribution is -2.16. The zero-order chi connectivity index (χ0) is 15.4. The van der Waals surface area contributed by atoms with Crippen molar-refractivity contribution >= 4 is 11.8 Å². The van der Waals surface area contributed by atoms with E-state index in [1.165, 1.54) is 16.3 Å². The monoisotopic (exact) mass is 310 g/mol. The number of benzene rings is 1. The van der Waals surface area contributed by atoms with E-state index in [4.69, 9.17) is 15.2 Å². The van der Waals surface area contributed by atoms with Gasteiger partial charge in [-0.15, -0.1) is 5.10 Å². The van der Waals surface area contributed by atoms with Crippen LogP contribution in [-0.4, -0.2) is 34.7 Å². The zero-order valence-electron chi connectivity index (χ0n) is 12.1. The van der Waals surface area contributed by atoms with E-state index in [0.29, 0.717) is 22.4 Å². The van der Waals surface area contributed by atoms with Gasteiger partial charge in [-0.1, -0.05) is 17.8 Å². The summed E-state index contributed by atoms with van der Waals surface area (Å²) in [4.78, 5) is 11.3. The van der Waals surface area contributed by atoms with Crippen molar-refractivity contribution in [3.63, 3.8) is 0 Å². The molecule has 2 rings (SSSR count). The molecular formula is C13H18N4O3S. The number of rotatable bonds is 6. The molecule has 0 fully saturated rings. The summed E-state index contributed by atoms with van der Waals surface area (Å²) >= 11 is 1.41. The molecule has 0 bridgehead atoms. The highest BCUT2D eigenvalue weighted by Crippen LogP contribution is 2.30. The molecule has 1 aromatic carbocycles. The topological polar surface area (TPSA) is 95.2 Å². The van der Waals surface area contributed by atoms with Gasteiger partial charge in [0.2, 0.25) is 0 Å². The lowest BCUT2D eigenvalue weighted by Gasteiger charge is -2.16. The average molecular weight is 310 g/mol. The number of hydrogen-bond acceptors (Lipinski definition) is 6. The Hall–Kier alpha value is -1.93. The van der Waals surface area contributed by atoms with Crippen LogP contribution in [0, 0.1) is 0 Å². The second-order valence-corrected chi connectivity index (χ2v) is 5.38. The van der Waals surface area contributed by atoms with E-state index >= 15 is 0 Å². The minimum Gasteiger partial charge on any atom is -0.497 e. The van der Waals surface area contributed by atoms with Gasteiger partial charge in [0.1, 0.15) is 11.5 Å². The van der Waals surface area contributed by atoms with Crippen LogP contribution in [0.15, 0.2) is 28.2 Å². The van der Waals surface area contributed by atoms with Crippen LogP contribution in [0.2, 0.25) is 0 Å². The molecule has 114 valence electrons. The molecule has 0 spiro atoms. The quantitative estimate of drug-likeness (QED) is 0.770. The summed E-state index contributed by atoms with van der Waals surface area (Å²) in [5, 5.41) is 6.93. The summed E-state index contributed by atoms with van der Waals surface area (Å²) in [6, 6.07) is 5.27. The molecule has 1 aromatic heterocycles. The second kappa shape index (κ2) is 6.68. The molecular weight excluding hydrogens is 292 g/mol. The zero-order valence-corrected chi connectivity index (χ0v) is 12.9. The SMILES string of the molecule is COc1ccc(C(N)CSc2n[nH]c(=O)n2C)c(OC)c1. The van der Waals surface area contributed by atoms with E-state index in [1.807, 2.05) is 12.1 Å². The maximum Gasteiger partial charge on any atom is 0.343 e. The number of aromatic nitrogens is 3. The van der Waals surface area contributed by atoms with Gasteiger partial charge in [-0.25, -0.2) is 9.89 Å². The predicted molar refractivity (Wildman–Crippen MR) is 81.0 cm³/mol. The first-order valence-corrected chi connectivity index (χ1v) is 7.27. The van der Waals surface area contributed by atoms with E-state index in [1.54, 1.807) is 27.3 Å². The fraction of sp³-hybridized carbons (Fsp3) is 0.385. The molecule has 0 saturated heterocycles. The molecule has 1 heterocycles. The highest BCUT2D eigenvalue weighted by Gasteiger charge is 2.15. The van der Waals surface area contributed by atoms with Crippen LogP contribution in [0.1, 0.15) is 11.6 Å². The summed E-state index contributed by atoms with van der Waals surface area (Å²) in [6.45, 7) is 0. The maximum atomic E-state index is 11.3. The number of nitrogens with one attached hydrogen (secondary N) is 1. The molecule has 7 nitrogen and oxygen atoms in total. The average Bonchev–Trinajstić information content (AvgIpc) is 2.83. The van der Waals surface area contributed by atoms with Gasteiger partial charge in [0.15, 0.2) is 5.16 Å². The smallest absolute Gasteiger partial charge is 0.343 e. The van der Waals surface area contributed by atoms with Crippen LogP contribution in [0.3, 0.4) is 0 Å². The van der Waals surface area contributed by atoms with E-state index in [9.17, 15) is 4.79 Å². The normalized spacial score (nSPS) is 12.2. The molecule has 0 saturated carbocycles. The lowest BCUT2D eigenvalue weighted by atomic mass is 10.1. The molecule has 8 heteroatoms. The summed E-state index contributed by atoms with van der Waals surface area (Å²) < 4.78 is 12.0. The van der Waals surface area contributed by atoms with Crippen LogP contribution in [-0.2, 0) is 7.05 Å². The number of H-pyrrole nitrogens is 1. The van der Waals surface area contributed by atoms with E-state index in [-0.39, 0.29) is 11.7 Å². The molecule has 0 radical (unpaired) electrons. The van der Waals surface area contributed by atoms with Gasteiger partial charge in [0.25, 0.3) is 0 Å². The molecule has 0 aliphatic carbocycles. The van der Waals surface area contributed by atoms with Crippen molar-refractivity contribution in [1.29, 1.82) is 0 Å². The van der Waals surface area contributed by atoms with Gasteiger partial charge in [-0.3, -0.25) is 4.57 Å². The number of thioether (sulfide) groups is 1. The van der Waals surface area contributed by atoms with Gasteiger partial charge in [-0.2, -0.15) is 0 Å². The molecule has 3 N–H and O–H groups in total. The maximum absolute atomic E-state index is 11.3. The third kappa shape index (κ3) is 3.40. The molecule has 0 aliphatic rings. The number of methoxy groups -OCH3 is 2. The summed E-state index contributed by atoms with van der Waals surface area (Å²) in [6.07, 6.45) is 0. The number of ether oxygens (including phenoxy) is 2. The molecule has 1 unspecified atom stereocenters. The minimum atomic E-state index is -0.248. The Balaban J connectivity index is 2.11. The van der Waals surface area contributed by atoms with Crippen LogP contribution in [0.25, 0.3) is 0 Å². The number of hydrogen-bond donors (Lipinski definition) is 2. The number of aromatic amines is 1. The minimum absolute atomic E-state index is 0.243. The Kier molecular flexibility index (Phi) is 4.92. The standard InChI is InChI=1S/C13H18N4O3S/c1-17-12(18)15-16-13(17)21-7-10(14)9-5-4-8(19-2)6-11(9)20-3/h4-6,10H,7,14H2,1-3H3,(H,15,18). The Morgan fingerprint density at radius 1 is 1.43 bits per heavy atom. The van der Waals surface area contributed by atoms with E-state index in [0.717, 1.165) is 5.56 Å². The summed E-state index contributed by atoms with van der Waals surface area (Å²) in [5.74, 6) is 1.96. The van der Waals surface area contributed by atoms with Crippen molar-refractivity contribution in [3.8, 4) is 11.5 Å². The Labute approximate surface area is 126 Å².